The lowest BCUT2D eigenvalue weighted by molar-refractivity contribution is 0.0186. The second-order valence-electron chi connectivity index (χ2n) is 8.10. The maximum atomic E-state index is 12.2. The molecule has 2 N–H and O–H groups in total. The van der Waals surface area contributed by atoms with E-state index in [1.165, 1.54) is 5.56 Å². The van der Waals surface area contributed by atoms with Gasteiger partial charge in [-0.15, -0.1) is 0 Å². The van der Waals surface area contributed by atoms with Crippen LogP contribution < -0.4 is 5.73 Å². The Hall–Kier alpha value is -3.03. The van der Waals surface area contributed by atoms with Crippen LogP contribution in [-0.4, -0.2) is 63.4 Å². The lowest BCUT2D eigenvalue weighted by atomic mass is 10.1. The molecule has 29 heavy (non-hydrogen) atoms. The molecular weight excluding hydrogens is 368 g/mol. The number of rotatable bonds is 4. The second kappa shape index (κ2) is 8.98. The lowest BCUT2D eigenvalue weighted by Gasteiger charge is -2.36. The summed E-state index contributed by atoms with van der Waals surface area (Å²) in [6.07, 6.45) is 3.44. The number of nitrogens with two attached hydrogens (primary N) is 1. The number of piperazine rings is 1. The average molecular weight is 399 g/mol. The quantitative estimate of drug-likeness (QED) is 0.631. The zero-order chi connectivity index (χ0) is 20.9. The number of benzene rings is 1. The molecule has 1 aromatic heterocycles. The van der Waals surface area contributed by atoms with E-state index in [1.54, 1.807) is 11.1 Å². The van der Waals surface area contributed by atoms with Crippen molar-refractivity contribution in [1.82, 2.24) is 19.6 Å². The number of hydrogen-bond acceptors (Lipinski definition) is 4. The Kier molecular flexibility index (Phi) is 6.41. The number of carbonyl (C=O) groups is 1. The van der Waals surface area contributed by atoms with E-state index < -0.39 is 5.60 Å². The van der Waals surface area contributed by atoms with E-state index in [0.29, 0.717) is 45.2 Å². The summed E-state index contributed by atoms with van der Waals surface area (Å²) >= 11 is 0. The summed E-state index contributed by atoms with van der Waals surface area (Å²) < 4.78 is 7.32. The Morgan fingerprint density at radius 3 is 2.38 bits per heavy atom. The lowest BCUT2D eigenvalue weighted by Crippen LogP contribution is -2.53. The van der Waals surface area contributed by atoms with Crippen LogP contribution in [0.4, 0.5) is 4.79 Å². The topological polar surface area (TPSA) is 89.0 Å². The van der Waals surface area contributed by atoms with Gasteiger partial charge in [0.1, 0.15) is 5.60 Å². The Labute approximate surface area is 171 Å². The minimum atomic E-state index is -0.488. The molecule has 0 saturated carbocycles. The highest BCUT2D eigenvalue weighted by Crippen LogP contribution is 2.14. The summed E-state index contributed by atoms with van der Waals surface area (Å²) in [5.41, 5.74) is 8.03. The van der Waals surface area contributed by atoms with Crippen molar-refractivity contribution in [2.45, 2.75) is 39.5 Å². The molecule has 0 bridgehead atoms. The molecule has 1 fully saturated rings. The summed E-state index contributed by atoms with van der Waals surface area (Å²) in [7, 11) is 0. The van der Waals surface area contributed by atoms with Crippen LogP contribution in [0.5, 0.6) is 0 Å². The van der Waals surface area contributed by atoms with Crippen molar-refractivity contribution < 1.29 is 9.53 Å². The van der Waals surface area contributed by atoms with Gasteiger partial charge in [0.25, 0.3) is 0 Å². The number of nitrogens with zero attached hydrogens (tertiary/aromatic N) is 5. The van der Waals surface area contributed by atoms with Gasteiger partial charge < -0.3 is 20.3 Å². The number of aliphatic imine (C=N–C) groups is 1. The molecule has 0 unspecified atom stereocenters. The van der Waals surface area contributed by atoms with Crippen molar-refractivity contribution in [2.75, 3.05) is 26.2 Å². The Morgan fingerprint density at radius 2 is 1.76 bits per heavy atom. The molecular formula is C21H30N6O2. The Bertz CT molecular complexity index is 833. The van der Waals surface area contributed by atoms with Crippen molar-refractivity contribution in [2.24, 2.45) is 10.7 Å². The van der Waals surface area contributed by atoms with Crippen molar-refractivity contribution in [1.29, 1.82) is 0 Å². The fraction of sp³-hybridized carbons (Fsp3) is 0.476. The standard InChI is InChI=1S/C21H30N6O2/c1-21(2,3)29-20(28)26-13-11-25(12-14-26)19(22)23-15-17-7-4-5-8-18(17)16-27-10-6-9-24-27/h4-10H,11-16H2,1-3H3,(H2,22,23). The first-order valence-corrected chi connectivity index (χ1v) is 9.89. The van der Waals surface area contributed by atoms with Gasteiger partial charge in [0, 0.05) is 38.6 Å². The van der Waals surface area contributed by atoms with Crippen LogP contribution in [0.25, 0.3) is 0 Å². The van der Waals surface area contributed by atoms with Crippen LogP contribution in [0, 0.1) is 0 Å². The fourth-order valence-electron chi connectivity index (χ4n) is 3.15. The highest BCUT2D eigenvalue weighted by Gasteiger charge is 2.26. The van der Waals surface area contributed by atoms with Gasteiger partial charge in [0.15, 0.2) is 5.96 Å². The number of carbonyl (C=O) groups excluding carboxylic acids is 1. The van der Waals surface area contributed by atoms with E-state index in [2.05, 4.69) is 22.2 Å². The summed E-state index contributed by atoms with van der Waals surface area (Å²) in [6, 6.07) is 10.1. The zero-order valence-corrected chi connectivity index (χ0v) is 17.4. The van der Waals surface area contributed by atoms with Gasteiger partial charge in [0.2, 0.25) is 0 Å². The van der Waals surface area contributed by atoms with Crippen LogP contribution >= 0.6 is 0 Å². The van der Waals surface area contributed by atoms with Crippen molar-refractivity contribution in [3.05, 3.63) is 53.9 Å². The molecule has 0 aliphatic carbocycles. The predicted molar refractivity (Wildman–Crippen MR) is 112 cm³/mol. The Morgan fingerprint density at radius 1 is 1.10 bits per heavy atom. The van der Waals surface area contributed by atoms with Crippen LogP contribution in [0.2, 0.25) is 0 Å². The highest BCUT2D eigenvalue weighted by molar-refractivity contribution is 5.78. The molecule has 1 amide bonds. The minimum absolute atomic E-state index is 0.278. The SMILES string of the molecule is CC(C)(C)OC(=O)N1CCN(C(N)=NCc2ccccc2Cn2cccn2)CC1. The van der Waals surface area contributed by atoms with Crippen molar-refractivity contribution in [3.63, 3.8) is 0 Å². The van der Waals surface area contributed by atoms with E-state index in [9.17, 15) is 4.79 Å². The molecule has 1 aliphatic heterocycles. The summed E-state index contributed by atoms with van der Waals surface area (Å²) in [4.78, 5) is 20.5. The van der Waals surface area contributed by atoms with Crippen molar-refractivity contribution >= 4 is 12.1 Å². The van der Waals surface area contributed by atoms with Crippen LogP contribution in [0.3, 0.4) is 0 Å². The molecule has 1 aliphatic rings. The monoisotopic (exact) mass is 398 g/mol. The third-order valence-corrected chi connectivity index (χ3v) is 4.68. The molecule has 0 atom stereocenters. The maximum absolute atomic E-state index is 12.2. The summed E-state index contributed by atoms with van der Waals surface area (Å²) in [6.45, 7) is 9.25. The number of amides is 1. The van der Waals surface area contributed by atoms with Gasteiger partial charge in [-0.2, -0.15) is 5.10 Å². The summed E-state index contributed by atoms with van der Waals surface area (Å²) in [5.74, 6) is 0.503. The van der Waals surface area contributed by atoms with Crippen molar-refractivity contribution in [3.8, 4) is 0 Å². The van der Waals surface area contributed by atoms with E-state index in [1.807, 2.05) is 54.7 Å². The summed E-state index contributed by atoms with van der Waals surface area (Å²) in [5, 5.41) is 4.27. The number of aromatic nitrogens is 2. The smallest absolute Gasteiger partial charge is 0.410 e. The number of hydrogen-bond donors (Lipinski definition) is 1. The third kappa shape index (κ3) is 5.97. The second-order valence-corrected chi connectivity index (χ2v) is 8.10. The molecule has 156 valence electrons. The molecule has 1 aromatic carbocycles. The van der Waals surface area contributed by atoms with Crippen LogP contribution in [0.1, 0.15) is 31.9 Å². The van der Waals surface area contributed by atoms with Gasteiger partial charge in [-0.1, -0.05) is 24.3 Å². The molecule has 8 heteroatoms. The van der Waals surface area contributed by atoms with Gasteiger partial charge in [-0.25, -0.2) is 9.79 Å². The molecule has 2 heterocycles. The van der Waals surface area contributed by atoms with Gasteiger partial charge in [-0.05, 0) is 38.0 Å². The molecule has 3 rings (SSSR count). The molecule has 2 aromatic rings. The van der Waals surface area contributed by atoms with Crippen LogP contribution in [-0.2, 0) is 17.8 Å². The maximum Gasteiger partial charge on any atom is 0.410 e. The van der Waals surface area contributed by atoms with E-state index >= 15 is 0 Å². The van der Waals surface area contributed by atoms with Gasteiger partial charge in [-0.3, -0.25) is 4.68 Å². The normalized spacial score (nSPS) is 15.5. The predicted octanol–water partition coefficient (Wildman–Crippen LogP) is 2.30. The molecule has 1 saturated heterocycles. The van der Waals surface area contributed by atoms with Crippen LogP contribution in [0.15, 0.2) is 47.7 Å². The highest BCUT2D eigenvalue weighted by atomic mass is 16.6. The number of ether oxygens (including phenoxy) is 1. The zero-order valence-electron chi connectivity index (χ0n) is 17.4. The average Bonchev–Trinajstić information content (AvgIpc) is 3.19. The largest absolute Gasteiger partial charge is 0.444 e. The fourth-order valence-corrected chi connectivity index (χ4v) is 3.15. The first-order valence-electron chi connectivity index (χ1n) is 9.89. The minimum Gasteiger partial charge on any atom is -0.444 e. The molecule has 0 radical (unpaired) electrons. The van der Waals surface area contributed by atoms with E-state index in [-0.39, 0.29) is 6.09 Å². The van der Waals surface area contributed by atoms with E-state index in [4.69, 9.17) is 10.5 Å². The molecule has 8 nitrogen and oxygen atoms in total. The third-order valence-electron chi connectivity index (χ3n) is 4.68. The van der Waals surface area contributed by atoms with E-state index in [0.717, 1.165) is 5.56 Å². The number of guanidine groups is 1. The molecule has 0 spiro atoms. The Balaban J connectivity index is 1.56. The van der Waals surface area contributed by atoms with Gasteiger partial charge in [0.05, 0.1) is 13.1 Å². The van der Waals surface area contributed by atoms with Gasteiger partial charge >= 0.3 is 6.09 Å². The first-order chi connectivity index (χ1) is 13.8. The first kappa shape index (κ1) is 20.7.